The van der Waals surface area contributed by atoms with Crippen molar-refractivity contribution in [2.24, 2.45) is 5.92 Å². The summed E-state index contributed by atoms with van der Waals surface area (Å²) in [6, 6.07) is 0.784. The highest BCUT2D eigenvalue weighted by Crippen LogP contribution is 2.37. The summed E-state index contributed by atoms with van der Waals surface area (Å²) in [5, 5.41) is 0. The zero-order valence-electron chi connectivity index (χ0n) is 13.3. The maximum absolute atomic E-state index is 2.78. The molecular formula is C16H32N2. The highest BCUT2D eigenvalue weighted by atomic mass is 15.3. The van der Waals surface area contributed by atoms with Gasteiger partial charge in [-0.15, -0.1) is 0 Å². The molecule has 106 valence electrons. The van der Waals surface area contributed by atoms with Gasteiger partial charge in [0.05, 0.1) is 0 Å². The van der Waals surface area contributed by atoms with E-state index in [1.165, 1.54) is 38.9 Å². The van der Waals surface area contributed by atoms with Gasteiger partial charge in [-0.25, -0.2) is 0 Å². The van der Waals surface area contributed by atoms with Gasteiger partial charge in [0.25, 0.3) is 0 Å². The molecule has 0 aromatic carbocycles. The van der Waals surface area contributed by atoms with Crippen molar-refractivity contribution in [3.63, 3.8) is 0 Å². The van der Waals surface area contributed by atoms with Crippen LogP contribution >= 0.6 is 0 Å². The summed E-state index contributed by atoms with van der Waals surface area (Å²) in [4.78, 5) is 5.47. The van der Waals surface area contributed by atoms with Crippen LogP contribution in [-0.4, -0.2) is 46.6 Å². The Morgan fingerprint density at radius 2 is 1.44 bits per heavy atom. The van der Waals surface area contributed by atoms with E-state index in [2.05, 4.69) is 51.3 Å². The lowest BCUT2D eigenvalue weighted by atomic mass is 9.76. The second-order valence-electron chi connectivity index (χ2n) is 8.24. The van der Waals surface area contributed by atoms with Gasteiger partial charge in [-0.1, -0.05) is 6.42 Å². The molecule has 0 radical (unpaired) electrons. The van der Waals surface area contributed by atoms with Crippen molar-refractivity contribution in [1.82, 2.24) is 9.80 Å². The van der Waals surface area contributed by atoms with Crippen LogP contribution in [0.2, 0.25) is 0 Å². The predicted octanol–water partition coefficient (Wildman–Crippen LogP) is 3.37. The van der Waals surface area contributed by atoms with Crippen LogP contribution in [0.3, 0.4) is 0 Å². The summed E-state index contributed by atoms with van der Waals surface area (Å²) in [6.07, 6.45) is 4.36. The minimum absolute atomic E-state index is 0.324. The highest BCUT2D eigenvalue weighted by molar-refractivity contribution is 4.97. The molecule has 0 bridgehead atoms. The Morgan fingerprint density at radius 3 is 1.83 bits per heavy atom. The molecule has 1 heterocycles. The number of nitrogens with zero attached hydrogens (tertiary/aromatic N) is 2. The van der Waals surface area contributed by atoms with Crippen molar-refractivity contribution in [3.05, 3.63) is 0 Å². The molecule has 2 nitrogen and oxygen atoms in total. The van der Waals surface area contributed by atoms with Gasteiger partial charge in [0.1, 0.15) is 0 Å². The maximum atomic E-state index is 2.78. The zero-order chi connectivity index (χ0) is 13.6. The fourth-order valence-corrected chi connectivity index (χ4v) is 3.48. The van der Waals surface area contributed by atoms with E-state index in [4.69, 9.17) is 0 Å². The number of hydrogen-bond donors (Lipinski definition) is 0. The van der Waals surface area contributed by atoms with E-state index < -0.39 is 0 Å². The Bertz CT molecular complexity index is 280. The van der Waals surface area contributed by atoms with E-state index in [9.17, 15) is 0 Å². The van der Waals surface area contributed by atoms with Gasteiger partial charge in [-0.2, -0.15) is 0 Å². The number of piperazine rings is 1. The average Bonchev–Trinajstić information content (AvgIpc) is 2.11. The lowest BCUT2D eigenvalue weighted by Gasteiger charge is -2.55. The molecule has 2 aliphatic rings. The molecule has 0 aromatic rings. The van der Waals surface area contributed by atoms with Crippen molar-refractivity contribution in [1.29, 1.82) is 0 Å². The first-order valence-corrected chi connectivity index (χ1v) is 7.71. The largest absolute Gasteiger partial charge is 0.296 e. The van der Waals surface area contributed by atoms with Crippen LogP contribution in [0.1, 0.15) is 60.8 Å². The molecule has 1 saturated heterocycles. The Kier molecular flexibility index (Phi) is 3.81. The first-order valence-electron chi connectivity index (χ1n) is 7.71. The molecule has 18 heavy (non-hydrogen) atoms. The molecular weight excluding hydrogens is 220 g/mol. The SMILES string of the molecule is CC(C)(C)N1CCN(C(C)(C)C)C(C2CCC2)C1. The monoisotopic (exact) mass is 252 g/mol. The first-order chi connectivity index (χ1) is 8.19. The Balaban J connectivity index is 2.10. The minimum Gasteiger partial charge on any atom is -0.296 e. The summed E-state index contributed by atoms with van der Waals surface area (Å²) in [5.74, 6) is 0.953. The smallest absolute Gasteiger partial charge is 0.0257 e. The minimum atomic E-state index is 0.324. The molecule has 0 spiro atoms. The molecule has 1 aliphatic heterocycles. The molecule has 1 aliphatic carbocycles. The van der Waals surface area contributed by atoms with Gasteiger partial charge in [0, 0.05) is 36.8 Å². The molecule has 0 aromatic heterocycles. The first kappa shape index (κ1) is 14.3. The van der Waals surface area contributed by atoms with Crippen LogP contribution in [0.4, 0.5) is 0 Å². The molecule has 1 atom stereocenters. The summed E-state index contributed by atoms with van der Waals surface area (Å²) >= 11 is 0. The topological polar surface area (TPSA) is 6.48 Å². The van der Waals surface area contributed by atoms with Gasteiger partial charge in [0.15, 0.2) is 0 Å². The maximum Gasteiger partial charge on any atom is 0.0257 e. The number of rotatable bonds is 1. The third kappa shape index (κ3) is 2.91. The fourth-order valence-electron chi connectivity index (χ4n) is 3.48. The number of hydrogen-bond acceptors (Lipinski definition) is 2. The van der Waals surface area contributed by atoms with Gasteiger partial charge < -0.3 is 0 Å². The van der Waals surface area contributed by atoms with E-state index in [-0.39, 0.29) is 0 Å². The molecule has 2 rings (SSSR count). The van der Waals surface area contributed by atoms with E-state index in [1.54, 1.807) is 0 Å². The zero-order valence-corrected chi connectivity index (χ0v) is 13.3. The second kappa shape index (κ2) is 4.79. The van der Waals surface area contributed by atoms with Crippen LogP contribution < -0.4 is 0 Å². The molecule has 0 amide bonds. The van der Waals surface area contributed by atoms with Crippen molar-refractivity contribution in [2.75, 3.05) is 19.6 Å². The van der Waals surface area contributed by atoms with E-state index in [0.717, 1.165) is 12.0 Å². The summed E-state index contributed by atoms with van der Waals surface area (Å²) < 4.78 is 0. The quantitative estimate of drug-likeness (QED) is 0.706. The van der Waals surface area contributed by atoms with Crippen molar-refractivity contribution in [2.45, 2.75) is 77.9 Å². The van der Waals surface area contributed by atoms with Crippen molar-refractivity contribution in [3.8, 4) is 0 Å². The Morgan fingerprint density at radius 1 is 0.833 bits per heavy atom. The van der Waals surface area contributed by atoms with Crippen LogP contribution in [0.5, 0.6) is 0 Å². The van der Waals surface area contributed by atoms with Crippen LogP contribution in [-0.2, 0) is 0 Å². The fraction of sp³-hybridized carbons (Fsp3) is 1.00. The molecule has 1 saturated carbocycles. The lowest BCUT2D eigenvalue weighted by molar-refractivity contribution is -0.0565. The lowest BCUT2D eigenvalue weighted by Crippen LogP contribution is -2.65. The van der Waals surface area contributed by atoms with Gasteiger partial charge in [-0.3, -0.25) is 9.80 Å². The third-order valence-corrected chi connectivity index (χ3v) is 4.92. The van der Waals surface area contributed by atoms with E-state index >= 15 is 0 Å². The highest BCUT2D eigenvalue weighted by Gasteiger charge is 2.41. The van der Waals surface area contributed by atoms with Crippen LogP contribution in [0, 0.1) is 5.92 Å². The van der Waals surface area contributed by atoms with Crippen molar-refractivity contribution < 1.29 is 0 Å². The van der Waals surface area contributed by atoms with E-state index in [1.807, 2.05) is 0 Å². The standard InChI is InChI=1S/C16H32N2/c1-15(2,3)17-10-11-18(16(4,5)6)14(12-17)13-8-7-9-13/h13-14H,7-12H2,1-6H3. The molecule has 2 heteroatoms. The molecule has 0 N–H and O–H groups in total. The summed E-state index contributed by atoms with van der Waals surface area (Å²) in [5.41, 5.74) is 0.649. The average molecular weight is 252 g/mol. The van der Waals surface area contributed by atoms with Gasteiger partial charge >= 0.3 is 0 Å². The third-order valence-electron chi connectivity index (χ3n) is 4.92. The predicted molar refractivity (Wildman–Crippen MR) is 78.9 cm³/mol. The van der Waals surface area contributed by atoms with Crippen molar-refractivity contribution >= 4 is 0 Å². The molecule has 2 fully saturated rings. The Hall–Kier alpha value is -0.0800. The van der Waals surface area contributed by atoms with Crippen LogP contribution in [0.15, 0.2) is 0 Å². The van der Waals surface area contributed by atoms with Gasteiger partial charge in [-0.05, 0) is 60.3 Å². The second-order valence-corrected chi connectivity index (χ2v) is 8.24. The van der Waals surface area contributed by atoms with E-state index in [0.29, 0.717) is 11.1 Å². The molecule has 1 unspecified atom stereocenters. The van der Waals surface area contributed by atoms with Crippen LogP contribution in [0.25, 0.3) is 0 Å². The summed E-state index contributed by atoms with van der Waals surface area (Å²) in [7, 11) is 0. The normalized spacial score (nSPS) is 29.3. The summed E-state index contributed by atoms with van der Waals surface area (Å²) in [6.45, 7) is 18.0. The van der Waals surface area contributed by atoms with Gasteiger partial charge in [0.2, 0.25) is 0 Å². The Labute approximate surface area is 114 Å².